The third-order valence-corrected chi connectivity index (χ3v) is 3.26. The second kappa shape index (κ2) is 3.93. The zero-order valence-corrected chi connectivity index (χ0v) is 9.12. The largest absolute Gasteiger partial charge is 0.396 e. The molecular formula is C8H13F3O3S. The van der Waals surface area contributed by atoms with Crippen molar-refractivity contribution in [2.45, 2.75) is 31.9 Å². The van der Waals surface area contributed by atoms with Crippen LogP contribution in [-0.4, -0.2) is 27.5 Å². The summed E-state index contributed by atoms with van der Waals surface area (Å²) in [5.41, 5.74) is -1.96. The Morgan fingerprint density at radius 2 is 1.73 bits per heavy atom. The van der Waals surface area contributed by atoms with Crippen molar-refractivity contribution in [3.8, 4) is 0 Å². The van der Waals surface area contributed by atoms with Crippen LogP contribution in [0.4, 0.5) is 13.2 Å². The molecule has 1 fully saturated rings. The van der Waals surface area contributed by atoms with Crippen LogP contribution < -0.4 is 0 Å². The maximum absolute atomic E-state index is 12.7. The maximum Gasteiger partial charge on any atom is 0.396 e. The molecule has 0 radical (unpaired) electrons. The van der Waals surface area contributed by atoms with Crippen molar-refractivity contribution < 1.29 is 25.8 Å². The van der Waals surface area contributed by atoms with Crippen LogP contribution in [0.15, 0.2) is 0 Å². The van der Waals surface area contributed by atoms with E-state index in [1.807, 2.05) is 0 Å². The molecule has 0 N–H and O–H groups in total. The molecule has 0 unspecified atom stereocenters. The molecule has 15 heavy (non-hydrogen) atoms. The first-order valence-electron chi connectivity index (χ1n) is 4.57. The lowest BCUT2D eigenvalue weighted by Gasteiger charge is -2.30. The Balaban J connectivity index is 2.76. The van der Waals surface area contributed by atoms with Crippen LogP contribution in [0.5, 0.6) is 0 Å². The summed E-state index contributed by atoms with van der Waals surface area (Å²) in [6, 6.07) is 0. The first-order chi connectivity index (χ1) is 6.66. The van der Waals surface area contributed by atoms with Gasteiger partial charge in [0.1, 0.15) is 0 Å². The van der Waals surface area contributed by atoms with E-state index in [9.17, 15) is 21.6 Å². The Morgan fingerprint density at radius 3 is 2.07 bits per heavy atom. The Labute approximate surface area is 86.7 Å². The van der Waals surface area contributed by atoms with Gasteiger partial charge in [0, 0.05) is 0 Å². The standard InChI is InChI=1S/C8H13F3O3S/c1-15(12,13)14-6-7(8(9,10)11)4-2-3-5-7/h2-6H2,1H3. The minimum absolute atomic E-state index is 0.0496. The highest BCUT2D eigenvalue weighted by Gasteiger charge is 2.56. The van der Waals surface area contributed by atoms with Gasteiger partial charge >= 0.3 is 6.18 Å². The van der Waals surface area contributed by atoms with Gasteiger partial charge in [0.25, 0.3) is 10.1 Å². The fourth-order valence-electron chi connectivity index (χ4n) is 1.78. The highest BCUT2D eigenvalue weighted by atomic mass is 32.2. The van der Waals surface area contributed by atoms with Crippen molar-refractivity contribution in [3.63, 3.8) is 0 Å². The Morgan fingerprint density at radius 1 is 1.27 bits per heavy atom. The third kappa shape index (κ3) is 3.07. The fraction of sp³-hybridized carbons (Fsp3) is 1.00. The van der Waals surface area contributed by atoms with Gasteiger partial charge in [0.05, 0.1) is 18.3 Å². The maximum atomic E-state index is 12.7. The molecule has 1 aliphatic carbocycles. The summed E-state index contributed by atoms with van der Waals surface area (Å²) in [6.45, 7) is -0.782. The normalized spacial score (nSPS) is 21.9. The van der Waals surface area contributed by atoms with Gasteiger partial charge in [0.15, 0.2) is 0 Å². The van der Waals surface area contributed by atoms with E-state index in [1.165, 1.54) is 0 Å². The Bertz CT molecular complexity index is 315. The molecule has 1 rings (SSSR count). The van der Waals surface area contributed by atoms with Gasteiger partial charge in [-0.05, 0) is 12.8 Å². The summed E-state index contributed by atoms with van der Waals surface area (Å²) in [4.78, 5) is 0. The predicted octanol–water partition coefficient (Wildman–Crippen LogP) is 2.09. The first kappa shape index (κ1) is 12.8. The average Bonchev–Trinajstić information content (AvgIpc) is 2.46. The molecule has 7 heteroatoms. The van der Waals surface area contributed by atoms with E-state index in [4.69, 9.17) is 0 Å². The second-order valence-electron chi connectivity index (χ2n) is 3.95. The summed E-state index contributed by atoms with van der Waals surface area (Å²) >= 11 is 0. The van der Waals surface area contributed by atoms with E-state index in [0.717, 1.165) is 6.26 Å². The van der Waals surface area contributed by atoms with E-state index in [1.54, 1.807) is 0 Å². The minimum atomic E-state index is -4.39. The van der Waals surface area contributed by atoms with E-state index in [-0.39, 0.29) is 12.8 Å². The first-order valence-corrected chi connectivity index (χ1v) is 6.39. The topological polar surface area (TPSA) is 43.4 Å². The van der Waals surface area contributed by atoms with Crippen LogP contribution in [0.3, 0.4) is 0 Å². The lowest BCUT2D eigenvalue weighted by atomic mass is 9.87. The van der Waals surface area contributed by atoms with Crippen molar-refractivity contribution in [2.24, 2.45) is 5.41 Å². The fourth-order valence-corrected chi connectivity index (χ4v) is 2.22. The lowest BCUT2D eigenvalue weighted by Crippen LogP contribution is -2.40. The van der Waals surface area contributed by atoms with E-state index >= 15 is 0 Å². The Kier molecular flexibility index (Phi) is 3.35. The molecule has 3 nitrogen and oxygen atoms in total. The number of hydrogen-bond donors (Lipinski definition) is 0. The van der Waals surface area contributed by atoms with Crippen molar-refractivity contribution in [3.05, 3.63) is 0 Å². The molecule has 0 heterocycles. The van der Waals surface area contributed by atoms with Gasteiger partial charge < -0.3 is 0 Å². The summed E-state index contributed by atoms with van der Waals surface area (Å²) in [6.07, 6.45) is -2.81. The second-order valence-corrected chi connectivity index (χ2v) is 5.60. The number of alkyl halides is 3. The van der Waals surface area contributed by atoms with Gasteiger partial charge in [-0.2, -0.15) is 21.6 Å². The Hall–Kier alpha value is -0.300. The molecule has 0 aromatic heterocycles. The molecule has 0 atom stereocenters. The van der Waals surface area contributed by atoms with Crippen LogP contribution in [-0.2, 0) is 14.3 Å². The number of halogens is 3. The molecule has 1 aliphatic rings. The molecule has 0 saturated heterocycles. The number of hydrogen-bond acceptors (Lipinski definition) is 3. The van der Waals surface area contributed by atoms with Crippen LogP contribution in [0, 0.1) is 5.41 Å². The number of rotatable bonds is 3. The summed E-state index contributed by atoms with van der Waals surface area (Å²) in [5, 5.41) is 0. The molecule has 0 aliphatic heterocycles. The molecule has 0 aromatic rings. The van der Waals surface area contributed by atoms with E-state index in [0.29, 0.717) is 12.8 Å². The zero-order chi connectivity index (χ0) is 11.7. The van der Waals surface area contributed by atoms with Crippen molar-refractivity contribution in [1.82, 2.24) is 0 Å². The predicted molar refractivity (Wildman–Crippen MR) is 47.8 cm³/mol. The van der Waals surface area contributed by atoms with Crippen molar-refractivity contribution in [2.75, 3.05) is 12.9 Å². The highest BCUT2D eigenvalue weighted by molar-refractivity contribution is 7.85. The van der Waals surface area contributed by atoms with Gasteiger partial charge in [-0.15, -0.1) is 0 Å². The average molecular weight is 246 g/mol. The summed E-state index contributed by atoms with van der Waals surface area (Å²) < 4.78 is 63.8. The molecule has 0 spiro atoms. The quantitative estimate of drug-likeness (QED) is 0.716. The van der Waals surface area contributed by atoms with Gasteiger partial charge in [-0.1, -0.05) is 12.8 Å². The minimum Gasteiger partial charge on any atom is -0.269 e. The van der Waals surface area contributed by atoms with Crippen LogP contribution in [0.25, 0.3) is 0 Å². The molecule has 0 amide bonds. The molecular weight excluding hydrogens is 233 g/mol. The van der Waals surface area contributed by atoms with Gasteiger partial charge in [0.2, 0.25) is 0 Å². The van der Waals surface area contributed by atoms with Crippen LogP contribution >= 0.6 is 0 Å². The van der Waals surface area contributed by atoms with Crippen LogP contribution in [0.1, 0.15) is 25.7 Å². The molecule has 1 saturated carbocycles. The SMILES string of the molecule is CS(=O)(=O)OCC1(C(F)(F)F)CCCC1. The third-order valence-electron chi connectivity index (χ3n) is 2.71. The van der Waals surface area contributed by atoms with E-state index in [2.05, 4.69) is 4.18 Å². The van der Waals surface area contributed by atoms with Gasteiger partial charge in [-0.3, -0.25) is 4.18 Å². The molecule has 0 aromatic carbocycles. The lowest BCUT2D eigenvalue weighted by molar-refractivity contribution is -0.230. The summed E-state index contributed by atoms with van der Waals surface area (Å²) in [7, 11) is -3.81. The monoisotopic (exact) mass is 246 g/mol. The van der Waals surface area contributed by atoms with Crippen molar-refractivity contribution in [1.29, 1.82) is 0 Å². The molecule has 90 valence electrons. The zero-order valence-electron chi connectivity index (χ0n) is 8.30. The van der Waals surface area contributed by atoms with Crippen molar-refractivity contribution >= 4 is 10.1 Å². The van der Waals surface area contributed by atoms with Crippen LogP contribution in [0.2, 0.25) is 0 Å². The van der Waals surface area contributed by atoms with Gasteiger partial charge in [-0.25, -0.2) is 0 Å². The van der Waals surface area contributed by atoms with E-state index < -0.39 is 28.3 Å². The smallest absolute Gasteiger partial charge is 0.269 e. The molecule has 0 bridgehead atoms. The summed E-state index contributed by atoms with van der Waals surface area (Å²) in [5.74, 6) is 0. The highest BCUT2D eigenvalue weighted by Crippen LogP contribution is 2.50.